The molecular formula is C27H26N4O2. The standard InChI is InChI=1S/C27H26N4O2/c1-30-23-11-6-5-10-22(23)29-26(30)20-13-15-21(16-14-20)28-27(33)24-12-7-17-31(24)25(32)18-19-8-3-2-4-9-19/h2-6,8-11,13-16,24H,7,12,17-18H2,1H3,(H,28,33). The molecule has 0 bridgehead atoms. The third kappa shape index (κ3) is 4.24. The molecule has 1 fully saturated rings. The zero-order chi connectivity index (χ0) is 22.8. The van der Waals surface area contributed by atoms with Gasteiger partial charge in [0.2, 0.25) is 11.8 Å². The quantitative estimate of drug-likeness (QED) is 0.502. The highest BCUT2D eigenvalue weighted by atomic mass is 16.2. The van der Waals surface area contributed by atoms with Gasteiger partial charge in [-0.15, -0.1) is 0 Å². The summed E-state index contributed by atoms with van der Waals surface area (Å²) in [5.74, 6) is 0.739. The number of rotatable bonds is 5. The number of amides is 2. The van der Waals surface area contributed by atoms with Gasteiger partial charge >= 0.3 is 0 Å². The molecule has 6 heteroatoms. The van der Waals surface area contributed by atoms with Gasteiger partial charge in [0.05, 0.1) is 17.5 Å². The summed E-state index contributed by atoms with van der Waals surface area (Å²) in [4.78, 5) is 32.3. The first-order valence-corrected chi connectivity index (χ1v) is 11.3. The van der Waals surface area contributed by atoms with Crippen LogP contribution in [-0.4, -0.2) is 38.9 Å². The smallest absolute Gasteiger partial charge is 0.247 e. The van der Waals surface area contributed by atoms with E-state index < -0.39 is 6.04 Å². The first-order chi connectivity index (χ1) is 16.1. The molecule has 2 heterocycles. The summed E-state index contributed by atoms with van der Waals surface area (Å²) < 4.78 is 2.07. The van der Waals surface area contributed by atoms with Crippen LogP contribution < -0.4 is 5.32 Å². The number of carbonyl (C=O) groups is 2. The van der Waals surface area contributed by atoms with Gasteiger partial charge in [0.15, 0.2) is 0 Å². The lowest BCUT2D eigenvalue weighted by Gasteiger charge is -2.24. The van der Waals surface area contributed by atoms with Crippen molar-refractivity contribution in [1.82, 2.24) is 14.5 Å². The van der Waals surface area contributed by atoms with Crippen molar-refractivity contribution in [2.45, 2.75) is 25.3 Å². The van der Waals surface area contributed by atoms with Gasteiger partial charge < -0.3 is 14.8 Å². The maximum absolute atomic E-state index is 13.0. The molecule has 0 spiro atoms. The third-order valence-corrected chi connectivity index (χ3v) is 6.27. The molecule has 5 rings (SSSR count). The van der Waals surface area contributed by atoms with Crippen LogP contribution in [0.25, 0.3) is 22.4 Å². The summed E-state index contributed by atoms with van der Waals surface area (Å²) in [6, 6.07) is 25.0. The molecule has 4 aromatic rings. The Morgan fingerprint density at radius 1 is 0.970 bits per heavy atom. The van der Waals surface area contributed by atoms with Gasteiger partial charge in [-0.1, -0.05) is 42.5 Å². The molecule has 1 aliphatic rings. The average molecular weight is 439 g/mol. The molecule has 1 N–H and O–H groups in total. The summed E-state index contributed by atoms with van der Waals surface area (Å²) in [5, 5.41) is 2.99. The van der Waals surface area contributed by atoms with E-state index in [1.165, 1.54) is 0 Å². The van der Waals surface area contributed by atoms with Gasteiger partial charge in [0.25, 0.3) is 0 Å². The summed E-state index contributed by atoms with van der Waals surface area (Å²) in [6.07, 6.45) is 1.84. The van der Waals surface area contributed by atoms with Crippen molar-refractivity contribution >= 4 is 28.5 Å². The zero-order valence-electron chi connectivity index (χ0n) is 18.6. The summed E-state index contributed by atoms with van der Waals surface area (Å²) in [6.45, 7) is 0.620. The molecule has 0 radical (unpaired) electrons. The van der Waals surface area contributed by atoms with Crippen LogP contribution in [0.15, 0.2) is 78.9 Å². The second-order valence-corrected chi connectivity index (χ2v) is 8.46. The highest BCUT2D eigenvalue weighted by Crippen LogP contribution is 2.26. The molecule has 1 aromatic heterocycles. The van der Waals surface area contributed by atoms with E-state index in [2.05, 4.69) is 9.88 Å². The van der Waals surface area contributed by atoms with Crippen LogP contribution in [0.3, 0.4) is 0 Å². The van der Waals surface area contributed by atoms with Crippen LogP contribution in [0.4, 0.5) is 5.69 Å². The Hall–Kier alpha value is -3.93. The number of benzene rings is 3. The van der Waals surface area contributed by atoms with Crippen molar-refractivity contribution in [3.63, 3.8) is 0 Å². The van der Waals surface area contributed by atoms with Gasteiger partial charge in [0, 0.05) is 24.8 Å². The predicted octanol–water partition coefficient (Wildman–Crippen LogP) is 4.41. The average Bonchev–Trinajstić information content (AvgIpc) is 3.46. The Labute approximate surface area is 192 Å². The number of hydrogen-bond acceptors (Lipinski definition) is 3. The van der Waals surface area contributed by atoms with Gasteiger partial charge in [-0.05, 0) is 54.8 Å². The molecule has 2 amide bonds. The van der Waals surface area contributed by atoms with E-state index in [9.17, 15) is 9.59 Å². The Balaban J connectivity index is 1.27. The van der Waals surface area contributed by atoms with Crippen molar-refractivity contribution in [2.24, 2.45) is 7.05 Å². The molecule has 33 heavy (non-hydrogen) atoms. The van der Waals surface area contributed by atoms with Gasteiger partial charge in [-0.2, -0.15) is 0 Å². The Kier molecular flexibility index (Phi) is 5.65. The summed E-state index contributed by atoms with van der Waals surface area (Å²) in [7, 11) is 2.00. The zero-order valence-corrected chi connectivity index (χ0v) is 18.6. The lowest BCUT2D eigenvalue weighted by atomic mass is 10.1. The predicted molar refractivity (Wildman–Crippen MR) is 130 cm³/mol. The third-order valence-electron chi connectivity index (χ3n) is 6.27. The monoisotopic (exact) mass is 438 g/mol. The Morgan fingerprint density at radius 3 is 2.45 bits per heavy atom. The first-order valence-electron chi connectivity index (χ1n) is 11.3. The van der Waals surface area contributed by atoms with E-state index in [4.69, 9.17) is 4.98 Å². The van der Waals surface area contributed by atoms with Crippen LogP contribution in [0.1, 0.15) is 18.4 Å². The number of fused-ring (bicyclic) bond motifs is 1. The number of hydrogen-bond donors (Lipinski definition) is 1. The minimum atomic E-state index is -0.430. The number of anilines is 1. The highest BCUT2D eigenvalue weighted by Gasteiger charge is 2.33. The lowest BCUT2D eigenvalue weighted by Crippen LogP contribution is -2.43. The number of likely N-dealkylation sites (tertiary alicyclic amines) is 1. The van der Waals surface area contributed by atoms with E-state index in [1.807, 2.05) is 85.9 Å². The highest BCUT2D eigenvalue weighted by molar-refractivity contribution is 5.98. The number of carbonyl (C=O) groups excluding carboxylic acids is 2. The van der Waals surface area contributed by atoms with E-state index >= 15 is 0 Å². The van der Waals surface area contributed by atoms with Crippen molar-refractivity contribution in [2.75, 3.05) is 11.9 Å². The van der Waals surface area contributed by atoms with Crippen LogP contribution in [0.5, 0.6) is 0 Å². The molecule has 1 unspecified atom stereocenters. The topological polar surface area (TPSA) is 67.2 Å². The van der Waals surface area contributed by atoms with Crippen molar-refractivity contribution in [3.8, 4) is 11.4 Å². The lowest BCUT2D eigenvalue weighted by molar-refractivity contribution is -0.136. The molecule has 3 aromatic carbocycles. The number of para-hydroxylation sites is 2. The molecule has 6 nitrogen and oxygen atoms in total. The first kappa shape index (κ1) is 20.9. The molecule has 1 saturated heterocycles. The number of nitrogens with one attached hydrogen (secondary N) is 1. The van der Waals surface area contributed by atoms with E-state index in [1.54, 1.807) is 4.90 Å². The van der Waals surface area contributed by atoms with E-state index in [-0.39, 0.29) is 11.8 Å². The van der Waals surface area contributed by atoms with Crippen molar-refractivity contribution < 1.29 is 9.59 Å². The van der Waals surface area contributed by atoms with Crippen molar-refractivity contribution in [1.29, 1.82) is 0 Å². The van der Waals surface area contributed by atoms with Gasteiger partial charge in [0.1, 0.15) is 11.9 Å². The van der Waals surface area contributed by atoms with Gasteiger partial charge in [-0.25, -0.2) is 4.98 Å². The molecular weight excluding hydrogens is 412 g/mol. The fourth-order valence-electron chi connectivity index (χ4n) is 4.54. The fourth-order valence-corrected chi connectivity index (χ4v) is 4.54. The van der Waals surface area contributed by atoms with E-state index in [0.717, 1.165) is 34.4 Å². The number of aromatic nitrogens is 2. The number of imidazole rings is 1. The normalized spacial score (nSPS) is 15.7. The van der Waals surface area contributed by atoms with Crippen molar-refractivity contribution in [3.05, 3.63) is 84.4 Å². The number of nitrogens with zero attached hydrogens (tertiary/aromatic N) is 3. The summed E-state index contributed by atoms with van der Waals surface area (Å²) in [5.41, 5.74) is 4.68. The fraction of sp³-hybridized carbons (Fsp3) is 0.222. The molecule has 1 atom stereocenters. The maximum atomic E-state index is 13.0. The van der Waals surface area contributed by atoms with Gasteiger partial charge in [-0.3, -0.25) is 9.59 Å². The molecule has 166 valence electrons. The molecule has 0 aliphatic carbocycles. The van der Waals surface area contributed by atoms with E-state index in [0.29, 0.717) is 25.1 Å². The SMILES string of the molecule is Cn1c(-c2ccc(NC(=O)C3CCCN3C(=O)Cc3ccccc3)cc2)nc2ccccc21. The van der Waals surface area contributed by atoms with Crippen LogP contribution in [-0.2, 0) is 23.1 Å². The maximum Gasteiger partial charge on any atom is 0.247 e. The Bertz CT molecular complexity index is 1290. The minimum absolute atomic E-state index is 0.00366. The largest absolute Gasteiger partial charge is 0.330 e. The van der Waals surface area contributed by atoms with Crippen LogP contribution >= 0.6 is 0 Å². The van der Waals surface area contributed by atoms with Crippen LogP contribution in [0, 0.1) is 0 Å². The number of aryl methyl sites for hydroxylation is 1. The second-order valence-electron chi connectivity index (χ2n) is 8.46. The Morgan fingerprint density at radius 2 is 1.70 bits per heavy atom. The van der Waals surface area contributed by atoms with Crippen LogP contribution in [0.2, 0.25) is 0 Å². The second kappa shape index (κ2) is 8.90. The summed E-state index contributed by atoms with van der Waals surface area (Å²) >= 11 is 0. The minimum Gasteiger partial charge on any atom is -0.330 e. The molecule has 0 saturated carbocycles. The molecule has 1 aliphatic heterocycles.